The Morgan fingerprint density at radius 1 is 1.24 bits per heavy atom. The van der Waals surface area contributed by atoms with E-state index in [0.29, 0.717) is 33.3 Å². The molecule has 0 radical (unpaired) electrons. The molecule has 0 atom stereocenters. The number of benzene rings is 1. The van der Waals surface area contributed by atoms with Gasteiger partial charge in [0.15, 0.2) is 10.8 Å². The topological polar surface area (TPSA) is 90.7 Å². The SMILES string of the molecule is Cc1ccc(-n2c(SCC(=O)N3CCC(C)CC3)nc3n[nH]c(C)c3c2=N)cc1. The van der Waals surface area contributed by atoms with E-state index in [4.69, 9.17) is 5.41 Å². The summed E-state index contributed by atoms with van der Waals surface area (Å²) >= 11 is 1.37. The number of piperidine rings is 1. The van der Waals surface area contributed by atoms with E-state index in [-0.39, 0.29) is 5.91 Å². The van der Waals surface area contributed by atoms with E-state index in [2.05, 4.69) is 22.1 Å². The van der Waals surface area contributed by atoms with Crippen LogP contribution in [0.15, 0.2) is 29.4 Å². The molecule has 2 aromatic heterocycles. The number of amides is 1. The van der Waals surface area contributed by atoms with Gasteiger partial charge >= 0.3 is 0 Å². The number of fused-ring (bicyclic) bond motifs is 1. The maximum absolute atomic E-state index is 12.7. The van der Waals surface area contributed by atoms with Crippen LogP contribution in [-0.4, -0.2) is 49.4 Å². The molecule has 7 nitrogen and oxygen atoms in total. The molecular weight excluding hydrogens is 384 g/mol. The molecule has 3 aromatic rings. The van der Waals surface area contributed by atoms with Gasteiger partial charge in [0.2, 0.25) is 5.91 Å². The van der Waals surface area contributed by atoms with E-state index in [1.165, 1.54) is 11.8 Å². The maximum atomic E-state index is 12.7. The lowest BCUT2D eigenvalue weighted by molar-refractivity contribution is -0.129. The second-order valence-corrected chi connectivity index (χ2v) is 8.76. The Morgan fingerprint density at radius 2 is 1.93 bits per heavy atom. The van der Waals surface area contributed by atoms with Crippen LogP contribution in [0.4, 0.5) is 0 Å². The number of aryl methyl sites for hydroxylation is 2. The van der Waals surface area contributed by atoms with Crippen molar-refractivity contribution in [2.45, 2.75) is 38.8 Å². The summed E-state index contributed by atoms with van der Waals surface area (Å²) in [5.74, 6) is 1.12. The standard InChI is InChI=1S/C21H26N6OS/c1-13-4-6-16(7-5-13)27-19(22)18-15(3)24-25-20(18)23-21(27)29-12-17(28)26-10-8-14(2)9-11-26/h4-7,14,22H,8-12H2,1-3H3,(H,24,25). The fourth-order valence-corrected chi connectivity index (χ4v) is 4.55. The van der Waals surface area contributed by atoms with E-state index in [1.807, 2.05) is 43.0 Å². The molecular formula is C21H26N6OS. The molecule has 8 heteroatoms. The molecule has 1 aliphatic heterocycles. The van der Waals surface area contributed by atoms with Gasteiger partial charge in [-0.05, 0) is 44.7 Å². The molecule has 0 saturated carbocycles. The average Bonchev–Trinajstić information content (AvgIpc) is 3.08. The van der Waals surface area contributed by atoms with Gasteiger partial charge in [0, 0.05) is 24.5 Å². The summed E-state index contributed by atoms with van der Waals surface area (Å²) in [4.78, 5) is 19.3. The second-order valence-electron chi connectivity index (χ2n) is 7.81. The number of carbonyl (C=O) groups excluding carboxylic acids is 1. The third-order valence-corrected chi connectivity index (χ3v) is 6.46. The van der Waals surface area contributed by atoms with Crippen LogP contribution in [-0.2, 0) is 4.79 Å². The first-order valence-electron chi connectivity index (χ1n) is 9.94. The Bertz CT molecular complexity index is 1090. The van der Waals surface area contributed by atoms with Gasteiger partial charge in [-0.15, -0.1) is 0 Å². The van der Waals surface area contributed by atoms with Crippen LogP contribution in [0.1, 0.15) is 31.0 Å². The zero-order chi connectivity index (χ0) is 20.5. The van der Waals surface area contributed by atoms with Crippen LogP contribution >= 0.6 is 11.8 Å². The molecule has 1 aromatic carbocycles. The van der Waals surface area contributed by atoms with Crippen molar-refractivity contribution in [1.29, 1.82) is 5.41 Å². The van der Waals surface area contributed by atoms with Gasteiger partial charge in [0.05, 0.1) is 11.1 Å². The Balaban J connectivity index is 1.67. The van der Waals surface area contributed by atoms with Crippen LogP contribution in [0.25, 0.3) is 16.7 Å². The average molecular weight is 411 g/mol. The number of thioether (sulfide) groups is 1. The summed E-state index contributed by atoms with van der Waals surface area (Å²) in [7, 11) is 0. The van der Waals surface area contributed by atoms with Crippen LogP contribution in [0.3, 0.4) is 0 Å². The predicted molar refractivity (Wildman–Crippen MR) is 114 cm³/mol. The molecule has 4 rings (SSSR count). The summed E-state index contributed by atoms with van der Waals surface area (Å²) in [5.41, 5.74) is 3.66. The van der Waals surface area contributed by atoms with E-state index in [9.17, 15) is 4.79 Å². The number of aromatic nitrogens is 4. The number of likely N-dealkylation sites (tertiary alicyclic amines) is 1. The number of aromatic amines is 1. The molecule has 1 fully saturated rings. The summed E-state index contributed by atoms with van der Waals surface area (Å²) in [5, 5.41) is 17.3. The number of H-pyrrole nitrogens is 1. The highest BCUT2D eigenvalue weighted by Gasteiger charge is 2.22. The smallest absolute Gasteiger partial charge is 0.233 e. The lowest BCUT2D eigenvalue weighted by atomic mass is 9.99. The minimum Gasteiger partial charge on any atom is -0.342 e. The van der Waals surface area contributed by atoms with Crippen molar-refractivity contribution >= 4 is 28.7 Å². The zero-order valence-electron chi connectivity index (χ0n) is 17.0. The fourth-order valence-electron chi connectivity index (χ4n) is 3.63. The van der Waals surface area contributed by atoms with Gasteiger partial charge in [-0.25, -0.2) is 4.98 Å². The molecule has 0 unspecified atom stereocenters. The molecule has 0 aliphatic carbocycles. The van der Waals surface area contributed by atoms with Gasteiger partial charge in [-0.1, -0.05) is 36.4 Å². The highest BCUT2D eigenvalue weighted by Crippen LogP contribution is 2.23. The third-order valence-electron chi connectivity index (χ3n) is 5.53. The van der Waals surface area contributed by atoms with Crippen LogP contribution in [0.2, 0.25) is 0 Å². The summed E-state index contributed by atoms with van der Waals surface area (Å²) < 4.78 is 1.81. The number of rotatable bonds is 4. The third kappa shape index (κ3) is 3.94. The normalized spacial score (nSPS) is 15.2. The first kappa shape index (κ1) is 19.7. The Labute approximate surface area is 174 Å². The molecule has 0 bridgehead atoms. The number of carbonyl (C=O) groups is 1. The van der Waals surface area contributed by atoms with Gasteiger partial charge in [0.25, 0.3) is 0 Å². The minimum atomic E-state index is 0.129. The van der Waals surface area contributed by atoms with Crippen molar-refractivity contribution in [3.63, 3.8) is 0 Å². The Morgan fingerprint density at radius 3 is 2.62 bits per heavy atom. The van der Waals surface area contributed by atoms with Gasteiger partial charge < -0.3 is 4.90 Å². The fraction of sp³-hybridized carbons (Fsp3) is 0.429. The molecule has 3 heterocycles. The zero-order valence-corrected chi connectivity index (χ0v) is 17.8. The first-order chi connectivity index (χ1) is 13.9. The second kappa shape index (κ2) is 8.02. The highest BCUT2D eigenvalue weighted by molar-refractivity contribution is 7.99. The van der Waals surface area contributed by atoms with Crippen LogP contribution in [0.5, 0.6) is 0 Å². The van der Waals surface area contributed by atoms with E-state index >= 15 is 0 Å². The molecule has 0 spiro atoms. The van der Waals surface area contributed by atoms with E-state index in [0.717, 1.165) is 42.9 Å². The van der Waals surface area contributed by atoms with Crippen molar-refractivity contribution in [2.24, 2.45) is 5.92 Å². The summed E-state index contributed by atoms with van der Waals surface area (Å²) in [6.07, 6.45) is 2.13. The summed E-state index contributed by atoms with van der Waals surface area (Å²) in [6, 6.07) is 7.99. The van der Waals surface area contributed by atoms with Gasteiger partial charge in [-0.2, -0.15) is 5.10 Å². The van der Waals surface area contributed by atoms with Gasteiger partial charge in [0.1, 0.15) is 5.49 Å². The predicted octanol–water partition coefficient (Wildman–Crippen LogP) is 3.20. The van der Waals surface area contributed by atoms with Gasteiger partial charge in [-0.3, -0.25) is 19.9 Å². The summed E-state index contributed by atoms with van der Waals surface area (Å²) in [6.45, 7) is 7.82. The lowest BCUT2D eigenvalue weighted by Crippen LogP contribution is -2.39. The molecule has 29 heavy (non-hydrogen) atoms. The van der Waals surface area contributed by atoms with E-state index < -0.39 is 0 Å². The van der Waals surface area contributed by atoms with Crippen molar-refractivity contribution in [2.75, 3.05) is 18.8 Å². The quantitative estimate of drug-likeness (QED) is 0.510. The van der Waals surface area contributed by atoms with Crippen LogP contribution in [0, 0.1) is 25.2 Å². The number of hydrogen-bond acceptors (Lipinski definition) is 5. The largest absolute Gasteiger partial charge is 0.342 e. The van der Waals surface area contributed by atoms with Crippen LogP contribution < -0.4 is 5.49 Å². The van der Waals surface area contributed by atoms with Crippen molar-refractivity contribution in [3.8, 4) is 5.69 Å². The van der Waals surface area contributed by atoms with Crippen molar-refractivity contribution in [3.05, 3.63) is 41.0 Å². The maximum Gasteiger partial charge on any atom is 0.233 e. The monoisotopic (exact) mass is 410 g/mol. The number of nitrogens with zero attached hydrogens (tertiary/aromatic N) is 4. The molecule has 152 valence electrons. The molecule has 1 saturated heterocycles. The molecule has 1 aliphatic rings. The van der Waals surface area contributed by atoms with Crippen molar-refractivity contribution < 1.29 is 4.79 Å². The molecule has 2 N–H and O–H groups in total. The van der Waals surface area contributed by atoms with E-state index in [1.54, 1.807) is 4.57 Å². The minimum absolute atomic E-state index is 0.129. The Hall–Kier alpha value is -2.61. The van der Waals surface area contributed by atoms with Crippen molar-refractivity contribution in [1.82, 2.24) is 24.6 Å². The lowest BCUT2D eigenvalue weighted by Gasteiger charge is -2.30. The Kier molecular flexibility index (Phi) is 5.45. The first-order valence-corrected chi connectivity index (χ1v) is 10.9. The molecule has 1 amide bonds. The number of hydrogen-bond donors (Lipinski definition) is 2. The highest BCUT2D eigenvalue weighted by atomic mass is 32.2. The number of nitrogens with one attached hydrogen (secondary N) is 2.